The Balaban J connectivity index is 2.57. The molecule has 0 saturated heterocycles. The van der Waals surface area contributed by atoms with E-state index in [4.69, 9.17) is 0 Å². The van der Waals surface area contributed by atoms with Gasteiger partial charge in [-0.3, -0.25) is 4.79 Å². The van der Waals surface area contributed by atoms with Crippen LogP contribution in [0.25, 0.3) is 0 Å². The highest BCUT2D eigenvalue weighted by Gasteiger charge is 2.09. The number of aromatic hydroxyl groups is 1. The molecule has 4 heteroatoms. The van der Waals surface area contributed by atoms with Gasteiger partial charge in [0, 0.05) is 30.3 Å². The summed E-state index contributed by atoms with van der Waals surface area (Å²) in [7, 11) is 0. The molecule has 18 heavy (non-hydrogen) atoms. The third-order valence-electron chi connectivity index (χ3n) is 2.81. The van der Waals surface area contributed by atoms with Crippen LogP contribution in [0, 0.1) is 13.8 Å². The maximum atomic E-state index is 11.7. The van der Waals surface area contributed by atoms with Crippen LogP contribution in [0.4, 0.5) is 5.69 Å². The molecule has 0 fully saturated rings. The molecule has 1 aromatic rings. The zero-order chi connectivity index (χ0) is 13.7. The first-order chi connectivity index (χ1) is 8.41. The molecule has 0 atom stereocenters. The average Bonchev–Trinajstić information content (AvgIpc) is 2.29. The molecule has 1 rings (SSSR count). The number of amides is 1. The Hall–Kier alpha value is -1.55. The number of carbonyl (C=O) groups is 1. The minimum atomic E-state index is -0.0468. The second-order valence-electron chi connectivity index (χ2n) is 4.81. The lowest BCUT2D eigenvalue weighted by atomic mass is 10.1. The quantitative estimate of drug-likeness (QED) is 0.751. The zero-order valence-electron chi connectivity index (χ0n) is 11.5. The van der Waals surface area contributed by atoms with Crippen LogP contribution in [0.5, 0.6) is 5.75 Å². The molecule has 0 bridgehead atoms. The predicted molar refractivity (Wildman–Crippen MR) is 74.0 cm³/mol. The largest absolute Gasteiger partial charge is 0.507 e. The van der Waals surface area contributed by atoms with E-state index in [2.05, 4.69) is 10.6 Å². The van der Waals surface area contributed by atoms with Crippen molar-refractivity contribution in [2.24, 2.45) is 0 Å². The topological polar surface area (TPSA) is 61.4 Å². The van der Waals surface area contributed by atoms with Gasteiger partial charge in [0.2, 0.25) is 5.91 Å². The second-order valence-corrected chi connectivity index (χ2v) is 4.81. The Morgan fingerprint density at radius 1 is 1.33 bits per heavy atom. The number of carbonyl (C=O) groups excluding carboxylic acids is 1. The van der Waals surface area contributed by atoms with Gasteiger partial charge in [-0.1, -0.05) is 19.9 Å². The fourth-order valence-corrected chi connectivity index (χ4v) is 1.66. The van der Waals surface area contributed by atoms with Gasteiger partial charge in [-0.2, -0.15) is 0 Å². The lowest BCUT2D eigenvalue weighted by molar-refractivity contribution is -0.116. The molecule has 1 aromatic carbocycles. The maximum absolute atomic E-state index is 11.7. The van der Waals surface area contributed by atoms with Crippen molar-refractivity contribution >= 4 is 11.6 Å². The summed E-state index contributed by atoms with van der Waals surface area (Å²) in [5.41, 5.74) is 2.19. The smallest absolute Gasteiger partial charge is 0.225 e. The monoisotopic (exact) mass is 250 g/mol. The van der Waals surface area contributed by atoms with Crippen LogP contribution >= 0.6 is 0 Å². The molecule has 3 N–H and O–H groups in total. The van der Waals surface area contributed by atoms with Crippen molar-refractivity contribution in [3.63, 3.8) is 0 Å². The predicted octanol–water partition coefficient (Wildman–Crippen LogP) is 2.34. The lowest BCUT2D eigenvalue weighted by Crippen LogP contribution is -2.27. The van der Waals surface area contributed by atoms with Crippen LogP contribution in [0.2, 0.25) is 0 Å². The van der Waals surface area contributed by atoms with Crippen molar-refractivity contribution in [3.05, 3.63) is 23.3 Å². The molecule has 0 spiro atoms. The Morgan fingerprint density at radius 3 is 2.61 bits per heavy atom. The van der Waals surface area contributed by atoms with Gasteiger partial charge in [-0.15, -0.1) is 0 Å². The molecule has 1 amide bonds. The van der Waals surface area contributed by atoms with Crippen LogP contribution in [-0.2, 0) is 4.79 Å². The number of anilines is 1. The minimum absolute atomic E-state index is 0.0468. The van der Waals surface area contributed by atoms with Crippen molar-refractivity contribution in [3.8, 4) is 5.75 Å². The Kier molecular flexibility index (Phi) is 5.16. The average molecular weight is 250 g/mol. The van der Waals surface area contributed by atoms with Gasteiger partial charge < -0.3 is 15.7 Å². The van der Waals surface area contributed by atoms with Crippen LogP contribution in [0.1, 0.15) is 31.4 Å². The normalized spacial score (nSPS) is 10.7. The molecular formula is C14H22N2O2. The van der Waals surface area contributed by atoms with Crippen molar-refractivity contribution < 1.29 is 9.90 Å². The van der Waals surface area contributed by atoms with E-state index in [0.29, 0.717) is 30.3 Å². The summed E-state index contributed by atoms with van der Waals surface area (Å²) < 4.78 is 0. The Labute approximate surface area is 108 Å². The summed E-state index contributed by atoms with van der Waals surface area (Å²) in [4.78, 5) is 11.7. The zero-order valence-corrected chi connectivity index (χ0v) is 11.5. The van der Waals surface area contributed by atoms with Crippen molar-refractivity contribution in [1.29, 1.82) is 0 Å². The van der Waals surface area contributed by atoms with Crippen molar-refractivity contribution in [1.82, 2.24) is 5.32 Å². The standard InChI is InChI=1S/C14H22N2O2/c1-9(2)15-8-7-13(17)16-12-6-5-10(3)14(18)11(12)4/h5-6,9,15,18H,7-8H2,1-4H3,(H,16,17). The summed E-state index contributed by atoms with van der Waals surface area (Å²) in [6.45, 7) is 8.37. The van der Waals surface area contributed by atoms with E-state index in [-0.39, 0.29) is 11.7 Å². The summed E-state index contributed by atoms with van der Waals surface area (Å²) >= 11 is 0. The number of phenolic OH excluding ortho intramolecular Hbond substituents is 1. The first-order valence-corrected chi connectivity index (χ1v) is 6.24. The van der Waals surface area contributed by atoms with Gasteiger partial charge in [0.25, 0.3) is 0 Å². The van der Waals surface area contributed by atoms with E-state index in [1.165, 1.54) is 0 Å². The van der Waals surface area contributed by atoms with Gasteiger partial charge in [0.15, 0.2) is 0 Å². The highest BCUT2D eigenvalue weighted by Crippen LogP contribution is 2.27. The first-order valence-electron chi connectivity index (χ1n) is 6.24. The third-order valence-corrected chi connectivity index (χ3v) is 2.81. The molecule has 0 aliphatic rings. The molecule has 4 nitrogen and oxygen atoms in total. The molecule has 0 unspecified atom stereocenters. The second kappa shape index (κ2) is 6.40. The number of benzene rings is 1. The number of phenols is 1. The third kappa shape index (κ3) is 4.04. The number of nitrogens with one attached hydrogen (secondary N) is 2. The number of hydrogen-bond donors (Lipinski definition) is 3. The minimum Gasteiger partial charge on any atom is -0.507 e. The molecular weight excluding hydrogens is 228 g/mol. The fourth-order valence-electron chi connectivity index (χ4n) is 1.66. The number of rotatable bonds is 5. The summed E-state index contributed by atoms with van der Waals surface area (Å²) in [5.74, 6) is 0.197. The fraction of sp³-hybridized carbons (Fsp3) is 0.500. The van der Waals surface area contributed by atoms with Crippen LogP contribution in [-0.4, -0.2) is 23.6 Å². The summed E-state index contributed by atoms with van der Waals surface area (Å²) in [6.07, 6.45) is 0.423. The Bertz CT molecular complexity index is 428. The van der Waals surface area contributed by atoms with Gasteiger partial charge in [0.1, 0.15) is 5.75 Å². The highest BCUT2D eigenvalue weighted by atomic mass is 16.3. The number of hydrogen-bond acceptors (Lipinski definition) is 3. The van der Waals surface area contributed by atoms with E-state index in [9.17, 15) is 9.90 Å². The van der Waals surface area contributed by atoms with E-state index in [1.807, 2.05) is 26.8 Å². The van der Waals surface area contributed by atoms with Gasteiger partial charge in [-0.05, 0) is 25.5 Å². The van der Waals surface area contributed by atoms with E-state index >= 15 is 0 Å². The van der Waals surface area contributed by atoms with E-state index in [0.717, 1.165) is 5.56 Å². The highest BCUT2D eigenvalue weighted by molar-refractivity contribution is 5.92. The molecule has 0 radical (unpaired) electrons. The first kappa shape index (κ1) is 14.5. The van der Waals surface area contributed by atoms with Crippen molar-refractivity contribution in [2.75, 3.05) is 11.9 Å². The molecule has 0 heterocycles. The SMILES string of the molecule is Cc1ccc(NC(=O)CCNC(C)C)c(C)c1O. The van der Waals surface area contributed by atoms with Crippen LogP contribution in [0.15, 0.2) is 12.1 Å². The van der Waals surface area contributed by atoms with Gasteiger partial charge >= 0.3 is 0 Å². The molecule has 0 aromatic heterocycles. The number of aryl methyl sites for hydroxylation is 1. The maximum Gasteiger partial charge on any atom is 0.225 e. The molecule has 0 aliphatic heterocycles. The van der Waals surface area contributed by atoms with Crippen LogP contribution < -0.4 is 10.6 Å². The van der Waals surface area contributed by atoms with E-state index < -0.39 is 0 Å². The molecule has 0 saturated carbocycles. The summed E-state index contributed by atoms with van der Waals surface area (Å²) in [6, 6.07) is 3.99. The van der Waals surface area contributed by atoms with E-state index in [1.54, 1.807) is 13.0 Å². The Morgan fingerprint density at radius 2 is 2.00 bits per heavy atom. The molecule has 0 aliphatic carbocycles. The van der Waals surface area contributed by atoms with Gasteiger partial charge in [0.05, 0.1) is 0 Å². The van der Waals surface area contributed by atoms with Crippen molar-refractivity contribution in [2.45, 2.75) is 40.2 Å². The molecule has 100 valence electrons. The lowest BCUT2D eigenvalue weighted by Gasteiger charge is -2.12. The van der Waals surface area contributed by atoms with Crippen LogP contribution in [0.3, 0.4) is 0 Å². The summed E-state index contributed by atoms with van der Waals surface area (Å²) in [5, 5.41) is 15.8. The van der Waals surface area contributed by atoms with Gasteiger partial charge in [-0.25, -0.2) is 0 Å².